The Bertz CT molecular complexity index is 836. The number of nitrogens with two attached hydrogens (primary N) is 3. The Kier molecular flexibility index (Phi) is 7.70. The first-order valence-electron chi connectivity index (χ1n) is 8.47. The number of ether oxygens (including phenoxy) is 2. The molecule has 2 rings (SSSR count). The first-order chi connectivity index (χ1) is 13.8. The Balaban J connectivity index is 1.75. The molecule has 13 nitrogen and oxygen atoms in total. The van der Waals surface area contributed by atoms with Crippen LogP contribution in [0, 0.1) is 0 Å². The predicted molar refractivity (Wildman–Crippen MR) is 95.3 cm³/mol. The van der Waals surface area contributed by atoms with Crippen LogP contribution in [0.5, 0.6) is 0 Å². The zero-order chi connectivity index (χ0) is 21.4. The van der Waals surface area contributed by atoms with E-state index in [0.29, 0.717) is 11.4 Å². The van der Waals surface area contributed by atoms with E-state index in [4.69, 9.17) is 17.2 Å². The molecule has 2 aromatic heterocycles. The Hall–Kier alpha value is -3.42. The highest BCUT2D eigenvalue weighted by Gasteiger charge is 2.27. The Morgan fingerprint density at radius 3 is 1.69 bits per heavy atom. The number of hydrogen-bond acceptors (Lipinski definition) is 11. The van der Waals surface area contributed by atoms with Gasteiger partial charge in [0.2, 0.25) is 0 Å². The Morgan fingerprint density at radius 1 is 0.793 bits per heavy atom. The van der Waals surface area contributed by atoms with Gasteiger partial charge in [-0.15, -0.1) is 0 Å². The monoisotopic (exact) mass is 407 g/mol. The molecule has 2 heterocycles. The zero-order valence-electron chi connectivity index (χ0n) is 15.2. The summed E-state index contributed by atoms with van der Waals surface area (Å²) in [7, 11) is 0. The van der Waals surface area contributed by atoms with Crippen LogP contribution in [0.3, 0.4) is 0 Å². The normalized spacial score (nSPS) is 13.9. The number of hydrogen-bond donors (Lipinski definition) is 5. The molecule has 0 saturated heterocycles. The van der Waals surface area contributed by atoms with Gasteiger partial charge in [-0.1, -0.05) is 0 Å². The van der Waals surface area contributed by atoms with E-state index in [2.05, 4.69) is 29.4 Å². The maximum absolute atomic E-state index is 11.9. The van der Waals surface area contributed by atoms with E-state index < -0.39 is 48.4 Å². The third kappa shape index (κ3) is 6.91. The van der Waals surface area contributed by atoms with Crippen molar-refractivity contribution in [3.8, 4) is 0 Å². The second-order valence-electron chi connectivity index (χ2n) is 6.12. The molecular weight excluding hydrogens is 386 g/mol. The number of imidazole rings is 2. The number of carbonyl (C=O) groups is 4. The van der Waals surface area contributed by atoms with Gasteiger partial charge < -0.3 is 36.6 Å². The van der Waals surface area contributed by atoms with E-state index in [9.17, 15) is 19.2 Å². The fourth-order valence-electron chi connectivity index (χ4n) is 2.18. The van der Waals surface area contributed by atoms with Gasteiger partial charge >= 0.3 is 23.9 Å². The highest BCUT2D eigenvalue weighted by atomic mass is 16.6. The topological polar surface area (TPSA) is 222 Å². The van der Waals surface area contributed by atoms with Crippen molar-refractivity contribution in [1.29, 1.82) is 0 Å². The molecule has 0 saturated carbocycles. The lowest BCUT2D eigenvalue weighted by molar-refractivity contribution is -0.166. The molecule has 0 fully saturated rings. The first-order valence-corrected chi connectivity index (χ1v) is 8.47. The van der Waals surface area contributed by atoms with Crippen molar-refractivity contribution in [2.24, 2.45) is 17.2 Å². The van der Waals surface area contributed by atoms with Crippen LogP contribution in [-0.4, -0.2) is 61.9 Å². The molecule has 3 atom stereocenters. The number of nitrogens with one attached hydrogen (secondary N) is 2. The number of nitrogens with zero attached hydrogens (tertiary/aromatic N) is 2. The molecule has 0 aliphatic carbocycles. The average molecular weight is 407 g/mol. The van der Waals surface area contributed by atoms with Crippen LogP contribution in [0.25, 0.3) is 0 Å². The summed E-state index contributed by atoms with van der Waals surface area (Å²) >= 11 is 0. The highest BCUT2D eigenvalue weighted by Crippen LogP contribution is 2.03. The van der Waals surface area contributed by atoms with E-state index in [0.717, 1.165) is 0 Å². The number of esters is 4. The van der Waals surface area contributed by atoms with Crippen molar-refractivity contribution in [3.05, 3.63) is 36.4 Å². The molecule has 0 amide bonds. The van der Waals surface area contributed by atoms with Crippen LogP contribution in [0.1, 0.15) is 17.8 Å². The molecule has 0 spiro atoms. The Morgan fingerprint density at radius 2 is 1.24 bits per heavy atom. The minimum atomic E-state index is -1.53. The second-order valence-corrected chi connectivity index (χ2v) is 6.12. The van der Waals surface area contributed by atoms with Gasteiger partial charge in [0.05, 0.1) is 19.1 Å². The van der Waals surface area contributed by atoms with Crippen molar-refractivity contribution in [1.82, 2.24) is 19.9 Å². The van der Waals surface area contributed by atoms with E-state index in [-0.39, 0.29) is 12.8 Å². The summed E-state index contributed by atoms with van der Waals surface area (Å²) in [5.74, 6) is -4.29. The summed E-state index contributed by atoms with van der Waals surface area (Å²) in [4.78, 5) is 60.3. The molecule has 156 valence electrons. The van der Waals surface area contributed by atoms with Crippen LogP contribution in [0.15, 0.2) is 25.0 Å². The fourth-order valence-corrected chi connectivity index (χ4v) is 2.18. The van der Waals surface area contributed by atoms with Crippen LogP contribution in [0.2, 0.25) is 0 Å². The number of aromatic amines is 2. The van der Waals surface area contributed by atoms with Crippen LogP contribution in [-0.2, 0) is 41.5 Å². The molecule has 0 radical (unpaired) electrons. The lowest BCUT2D eigenvalue weighted by Crippen LogP contribution is -2.42. The molecule has 0 aliphatic heterocycles. The van der Waals surface area contributed by atoms with Crippen molar-refractivity contribution in [3.63, 3.8) is 0 Å². The van der Waals surface area contributed by atoms with Crippen molar-refractivity contribution in [2.45, 2.75) is 37.4 Å². The van der Waals surface area contributed by atoms with Gasteiger partial charge in [-0.3, -0.25) is 4.79 Å². The lowest BCUT2D eigenvalue weighted by Gasteiger charge is -2.13. The van der Waals surface area contributed by atoms with Crippen molar-refractivity contribution < 1.29 is 28.7 Å². The summed E-state index contributed by atoms with van der Waals surface area (Å²) in [6.07, 6.45) is 5.19. The number of rotatable bonds is 9. The van der Waals surface area contributed by atoms with Gasteiger partial charge in [-0.05, 0) is 0 Å². The van der Waals surface area contributed by atoms with E-state index in [1.165, 1.54) is 25.0 Å². The predicted octanol–water partition coefficient (Wildman–Crippen LogP) is -2.57. The van der Waals surface area contributed by atoms with Crippen LogP contribution >= 0.6 is 0 Å². The van der Waals surface area contributed by atoms with Crippen LogP contribution in [0.4, 0.5) is 0 Å². The maximum Gasteiger partial charge on any atom is 0.331 e. The molecule has 29 heavy (non-hydrogen) atoms. The smallest absolute Gasteiger partial charge is 0.331 e. The van der Waals surface area contributed by atoms with Crippen molar-refractivity contribution >= 4 is 23.9 Å². The molecular formula is C16H21N7O6. The zero-order valence-corrected chi connectivity index (χ0v) is 15.2. The summed E-state index contributed by atoms with van der Waals surface area (Å²) in [5, 5.41) is 0. The summed E-state index contributed by atoms with van der Waals surface area (Å²) in [6.45, 7) is 0. The van der Waals surface area contributed by atoms with Gasteiger partial charge in [0.25, 0.3) is 0 Å². The Labute approximate surface area is 164 Å². The first kappa shape index (κ1) is 21.9. The molecule has 0 aliphatic rings. The third-order valence-corrected chi connectivity index (χ3v) is 3.70. The highest BCUT2D eigenvalue weighted by molar-refractivity contribution is 5.94. The standard InChI is InChI=1S/C16H21N7O6/c17-10(1-8-4-20-6-22-8)14(25)28-13(24)3-12(19)16(27)29-15(26)11(18)2-9-5-21-7-23-9/h4-7,10-12H,1-3,17-19H2,(H,20,22)(H,21,23)/t10-,11-,12-/m0/s1. The van der Waals surface area contributed by atoms with Gasteiger partial charge in [-0.25, -0.2) is 24.4 Å². The maximum atomic E-state index is 11.9. The molecule has 0 unspecified atom stereocenters. The van der Waals surface area contributed by atoms with Gasteiger partial charge in [-0.2, -0.15) is 0 Å². The van der Waals surface area contributed by atoms with E-state index in [1.54, 1.807) is 0 Å². The van der Waals surface area contributed by atoms with Crippen LogP contribution < -0.4 is 17.2 Å². The third-order valence-electron chi connectivity index (χ3n) is 3.70. The minimum Gasteiger partial charge on any atom is -0.392 e. The average Bonchev–Trinajstić information content (AvgIpc) is 3.35. The van der Waals surface area contributed by atoms with E-state index in [1.807, 2.05) is 0 Å². The molecule has 0 aromatic carbocycles. The summed E-state index contributed by atoms with van der Waals surface area (Å²) in [6, 6.07) is -3.78. The number of carbonyl (C=O) groups excluding carboxylic acids is 4. The number of H-pyrrole nitrogens is 2. The largest absolute Gasteiger partial charge is 0.392 e. The fraction of sp³-hybridized carbons (Fsp3) is 0.375. The molecule has 0 bridgehead atoms. The summed E-state index contributed by atoms with van der Waals surface area (Å²) in [5.41, 5.74) is 17.9. The molecule has 13 heteroatoms. The second kappa shape index (κ2) is 10.2. The minimum absolute atomic E-state index is 0.0616. The molecule has 2 aromatic rings. The molecule has 8 N–H and O–H groups in total. The van der Waals surface area contributed by atoms with Gasteiger partial charge in [0.15, 0.2) is 0 Å². The quantitative estimate of drug-likeness (QED) is 0.214. The van der Waals surface area contributed by atoms with Crippen molar-refractivity contribution in [2.75, 3.05) is 0 Å². The lowest BCUT2D eigenvalue weighted by atomic mass is 10.2. The number of aromatic nitrogens is 4. The van der Waals surface area contributed by atoms with Gasteiger partial charge in [0, 0.05) is 36.6 Å². The van der Waals surface area contributed by atoms with Gasteiger partial charge in [0.1, 0.15) is 18.1 Å². The SMILES string of the molecule is N[C@@H](Cc1cnc[nH]1)C(=O)OC(=O)C[C@H](N)C(=O)OC(=O)[C@@H](N)Cc1cnc[nH]1. The summed E-state index contributed by atoms with van der Waals surface area (Å²) < 4.78 is 9.11. The van der Waals surface area contributed by atoms with E-state index >= 15 is 0 Å².